The molecule has 178 valence electrons. The van der Waals surface area contributed by atoms with Crippen molar-refractivity contribution in [2.24, 2.45) is 17.1 Å². The number of rotatable bonds is 8. The molecule has 1 aliphatic rings. The summed E-state index contributed by atoms with van der Waals surface area (Å²) in [5, 5.41) is 3.96. The quantitative estimate of drug-likeness (QED) is 0.467. The van der Waals surface area contributed by atoms with E-state index in [1.807, 2.05) is 11.0 Å². The molecule has 1 saturated carbocycles. The van der Waals surface area contributed by atoms with Crippen LogP contribution in [0.25, 0.3) is 0 Å². The number of nitrogens with one attached hydrogen (secondary N) is 1. The number of anilines is 1. The van der Waals surface area contributed by atoms with E-state index in [2.05, 4.69) is 19.2 Å². The van der Waals surface area contributed by atoms with Crippen molar-refractivity contribution in [1.82, 2.24) is 4.90 Å². The van der Waals surface area contributed by atoms with Gasteiger partial charge in [0.15, 0.2) is 0 Å². The molecule has 0 aliphatic heterocycles. The zero-order chi connectivity index (χ0) is 24.0. The molecule has 2 aromatic rings. The van der Waals surface area contributed by atoms with Crippen molar-refractivity contribution in [3.63, 3.8) is 0 Å². The first-order valence-electron chi connectivity index (χ1n) is 11.5. The van der Waals surface area contributed by atoms with Crippen molar-refractivity contribution in [2.75, 3.05) is 18.4 Å². The van der Waals surface area contributed by atoms with Gasteiger partial charge in [-0.1, -0.05) is 62.4 Å². The highest BCUT2D eigenvalue weighted by Crippen LogP contribution is 2.30. The number of carbonyl (C=O) groups is 2. The first-order valence-corrected chi connectivity index (χ1v) is 12.3. The Hall–Kier alpha value is -2.08. The molecule has 5 nitrogen and oxygen atoms in total. The third kappa shape index (κ3) is 7.20. The Morgan fingerprint density at radius 3 is 2.48 bits per heavy atom. The fourth-order valence-electron chi connectivity index (χ4n) is 4.21. The molecule has 0 radical (unpaired) electrons. The lowest BCUT2D eigenvalue weighted by molar-refractivity contribution is -0.138. The molecule has 1 aliphatic carbocycles. The molecule has 0 spiro atoms. The van der Waals surface area contributed by atoms with E-state index in [-0.39, 0.29) is 23.1 Å². The van der Waals surface area contributed by atoms with Gasteiger partial charge in [0.05, 0.1) is 0 Å². The summed E-state index contributed by atoms with van der Waals surface area (Å²) >= 11 is 12.5. The Labute approximate surface area is 206 Å². The largest absolute Gasteiger partial charge is 0.337 e. The second kappa shape index (κ2) is 11.4. The smallest absolute Gasteiger partial charge is 0.255 e. The number of halogens is 2. The van der Waals surface area contributed by atoms with E-state index in [4.69, 9.17) is 28.9 Å². The summed E-state index contributed by atoms with van der Waals surface area (Å²) in [4.78, 5) is 28.0. The Kier molecular flexibility index (Phi) is 8.80. The summed E-state index contributed by atoms with van der Waals surface area (Å²) < 4.78 is 0. The minimum absolute atomic E-state index is 0.0526. The van der Waals surface area contributed by atoms with Crippen LogP contribution in [0, 0.1) is 11.3 Å². The number of hydrogen-bond donors (Lipinski definition) is 2. The van der Waals surface area contributed by atoms with Gasteiger partial charge in [0.25, 0.3) is 5.91 Å². The maximum Gasteiger partial charge on any atom is 0.255 e. The normalized spacial score (nSPS) is 14.7. The molecule has 3 N–H and O–H groups in total. The zero-order valence-electron chi connectivity index (χ0n) is 19.4. The lowest BCUT2D eigenvalue weighted by Gasteiger charge is -2.35. The van der Waals surface area contributed by atoms with E-state index in [1.54, 1.807) is 36.4 Å². The molecular formula is C26H33Cl2N3O2. The highest BCUT2D eigenvalue weighted by molar-refractivity contribution is 6.31. The molecule has 0 atom stereocenters. The average molecular weight is 490 g/mol. The summed E-state index contributed by atoms with van der Waals surface area (Å²) in [6.45, 7) is 5.53. The van der Waals surface area contributed by atoms with Crippen molar-refractivity contribution in [3.05, 3.63) is 63.6 Å². The van der Waals surface area contributed by atoms with Crippen LogP contribution in [0.2, 0.25) is 10.0 Å². The van der Waals surface area contributed by atoms with E-state index in [0.717, 1.165) is 31.2 Å². The van der Waals surface area contributed by atoms with Gasteiger partial charge in [-0.25, -0.2) is 0 Å². The van der Waals surface area contributed by atoms with Crippen LogP contribution in [-0.2, 0) is 11.3 Å². The summed E-state index contributed by atoms with van der Waals surface area (Å²) in [6, 6.07) is 12.1. The molecule has 3 rings (SSSR count). The third-order valence-electron chi connectivity index (χ3n) is 6.19. The molecule has 2 amide bonds. The highest BCUT2D eigenvalue weighted by Gasteiger charge is 2.30. The minimum atomic E-state index is -0.259. The lowest BCUT2D eigenvalue weighted by Crippen LogP contribution is -2.44. The predicted octanol–water partition coefficient (Wildman–Crippen LogP) is 6.14. The van der Waals surface area contributed by atoms with E-state index in [9.17, 15) is 9.59 Å². The van der Waals surface area contributed by atoms with Gasteiger partial charge in [0.2, 0.25) is 5.91 Å². The third-order valence-corrected chi connectivity index (χ3v) is 6.79. The molecule has 0 unspecified atom stereocenters. The maximum atomic E-state index is 13.4. The van der Waals surface area contributed by atoms with Gasteiger partial charge in [-0.15, -0.1) is 0 Å². The van der Waals surface area contributed by atoms with Crippen LogP contribution in [0.5, 0.6) is 0 Å². The van der Waals surface area contributed by atoms with E-state index < -0.39 is 0 Å². The first kappa shape index (κ1) is 25.5. The number of amides is 2. The van der Waals surface area contributed by atoms with Crippen molar-refractivity contribution in [2.45, 2.75) is 52.5 Å². The van der Waals surface area contributed by atoms with Crippen LogP contribution in [0.4, 0.5) is 5.69 Å². The summed E-state index contributed by atoms with van der Waals surface area (Å²) in [5.41, 5.74) is 7.64. The number of nitrogens with zero attached hydrogens (tertiary/aromatic N) is 1. The molecular weight excluding hydrogens is 457 g/mol. The first-order chi connectivity index (χ1) is 15.7. The average Bonchev–Trinajstić information content (AvgIpc) is 2.80. The Bertz CT molecular complexity index is 987. The predicted molar refractivity (Wildman–Crippen MR) is 136 cm³/mol. The SMILES string of the molecule is CC(C)(CN)CN(Cc1cc(NC(=O)c2cccc(Cl)c2)ccc1Cl)C(=O)C1CCCCC1. The van der Waals surface area contributed by atoms with Crippen LogP contribution < -0.4 is 11.1 Å². The van der Waals surface area contributed by atoms with Gasteiger partial charge >= 0.3 is 0 Å². The standard InChI is InChI=1S/C26H33Cl2N3O2/c1-26(2,16-29)17-31(25(33)18-7-4-3-5-8-18)15-20-14-22(11-12-23(20)28)30-24(32)19-9-6-10-21(27)13-19/h6,9-14,18H,3-5,7-8,15-17,29H2,1-2H3,(H,30,32). The van der Waals surface area contributed by atoms with Crippen LogP contribution in [-0.4, -0.2) is 29.8 Å². The van der Waals surface area contributed by atoms with Crippen molar-refractivity contribution >= 4 is 40.7 Å². The Morgan fingerprint density at radius 1 is 1.09 bits per heavy atom. The summed E-state index contributed by atoms with van der Waals surface area (Å²) in [7, 11) is 0. The fraction of sp³-hybridized carbons (Fsp3) is 0.462. The Balaban J connectivity index is 1.81. The maximum absolute atomic E-state index is 13.4. The number of carbonyl (C=O) groups excluding carboxylic acids is 2. The van der Waals surface area contributed by atoms with Gasteiger partial charge in [-0.3, -0.25) is 9.59 Å². The van der Waals surface area contributed by atoms with Crippen LogP contribution >= 0.6 is 23.2 Å². The Morgan fingerprint density at radius 2 is 1.82 bits per heavy atom. The zero-order valence-corrected chi connectivity index (χ0v) is 20.9. The number of nitrogens with two attached hydrogens (primary N) is 1. The molecule has 0 bridgehead atoms. The number of hydrogen-bond acceptors (Lipinski definition) is 3. The summed E-state index contributed by atoms with van der Waals surface area (Å²) in [6.07, 6.45) is 5.24. The van der Waals surface area contributed by atoms with Gasteiger partial charge in [0, 0.05) is 40.3 Å². The van der Waals surface area contributed by atoms with Crippen LogP contribution in [0.15, 0.2) is 42.5 Å². The van der Waals surface area contributed by atoms with Gasteiger partial charge in [0.1, 0.15) is 0 Å². The van der Waals surface area contributed by atoms with Crippen LogP contribution in [0.1, 0.15) is 61.9 Å². The van der Waals surface area contributed by atoms with Crippen molar-refractivity contribution in [3.8, 4) is 0 Å². The lowest BCUT2D eigenvalue weighted by atomic mass is 9.86. The molecule has 7 heteroatoms. The van der Waals surface area contributed by atoms with E-state index >= 15 is 0 Å². The van der Waals surface area contributed by atoms with E-state index in [1.165, 1.54) is 6.42 Å². The van der Waals surface area contributed by atoms with Crippen molar-refractivity contribution in [1.29, 1.82) is 0 Å². The van der Waals surface area contributed by atoms with Gasteiger partial charge in [-0.05, 0) is 66.8 Å². The second-order valence-corrected chi connectivity index (χ2v) is 10.5. The topological polar surface area (TPSA) is 75.4 Å². The summed E-state index contributed by atoms with van der Waals surface area (Å²) in [5.74, 6) is -0.0392. The molecule has 1 fully saturated rings. The van der Waals surface area contributed by atoms with Crippen molar-refractivity contribution < 1.29 is 9.59 Å². The number of benzene rings is 2. The second-order valence-electron chi connectivity index (χ2n) is 9.67. The molecule has 0 heterocycles. The van der Waals surface area contributed by atoms with Gasteiger partial charge < -0.3 is 16.0 Å². The highest BCUT2D eigenvalue weighted by atomic mass is 35.5. The molecule has 2 aromatic carbocycles. The fourth-order valence-corrected chi connectivity index (χ4v) is 4.58. The van der Waals surface area contributed by atoms with Crippen LogP contribution in [0.3, 0.4) is 0 Å². The minimum Gasteiger partial charge on any atom is -0.337 e. The monoisotopic (exact) mass is 489 g/mol. The molecule has 0 aromatic heterocycles. The molecule has 0 saturated heterocycles. The molecule has 33 heavy (non-hydrogen) atoms. The van der Waals surface area contributed by atoms with E-state index in [0.29, 0.717) is 40.9 Å². The van der Waals surface area contributed by atoms with Gasteiger partial charge in [-0.2, -0.15) is 0 Å².